The summed E-state index contributed by atoms with van der Waals surface area (Å²) < 4.78 is 2.13. The highest BCUT2D eigenvalue weighted by Gasteiger charge is 2.05. The van der Waals surface area contributed by atoms with Crippen LogP contribution in [0.3, 0.4) is 0 Å². The van der Waals surface area contributed by atoms with Crippen LogP contribution in [0.2, 0.25) is 0 Å². The number of hydrogen-bond acceptors (Lipinski definition) is 1. The molecule has 0 saturated heterocycles. The molecule has 0 aliphatic rings. The number of rotatable bonds is 0. The molecule has 3 rings (SSSR count). The second kappa shape index (κ2) is 2.83. The van der Waals surface area contributed by atoms with Crippen LogP contribution in [0.5, 0.6) is 0 Å². The minimum Gasteiger partial charge on any atom is -0.300 e. The molecule has 0 bridgehead atoms. The number of hydrogen-bond donors (Lipinski definition) is 0. The summed E-state index contributed by atoms with van der Waals surface area (Å²) in [5.74, 6) is 0. The Morgan fingerprint density at radius 3 is 2.87 bits per heavy atom. The molecule has 0 aliphatic carbocycles. The van der Waals surface area contributed by atoms with Crippen LogP contribution in [-0.4, -0.2) is 9.38 Å². The number of pyridine rings is 1. The van der Waals surface area contributed by atoms with E-state index in [9.17, 15) is 0 Å². The van der Waals surface area contributed by atoms with Gasteiger partial charge in [0, 0.05) is 6.20 Å². The lowest BCUT2D eigenvalue weighted by atomic mass is 10.1. The van der Waals surface area contributed by atoms with Gasteiger partial charge in [-0.05, 0) is 43.2 Å². The van der Waals surface area contributed by atoms with Crippen molar-refractivity contribution in [1.29, 1.82) is 0 Å². The molecule has 2 heteroatoms. The molecule has 0 atom stereocenters. The van der Waals surface area contributed by atoms with Gasteiger partial charge in [-0.15, -0.1) is 0 Å². The predicted octanol–water partition coefficient (Wildman–Crippen LogP) is 3.10. The van der Waals surface area contributed by atoms with Gasteiger partial charge in [0.25, 0.3) is 0 Å². The third-order valence-electron chi connectivity index (χ3n) is 2.75. The van der Waals surface area contributed by atoms with Crippen molar-refractivity contribution in [2.75, 3.05) is 0 Å². The van der Waals surface area contributed by atoms with Crippen molar-refractivity contribution >= 4 is 16.7 Å². The first-order chi connectivity index (χ1) is 7.25. The summed E-state index contributed by atoms with van der Waals surface area (Å²) >= 11 is 0. The Balaban J connectivity index is 2.61. The van der Waals surface area contributed by atoms with E-state index in [0.29, 0.717) is 0 Å². The number of imidazole rings is 1. The Morgan fingerprint density at radius 1 is 1.13 bits per heavy atom. The highest BCUT2D eigenvalue weighted by atomic mass is 15.0. The second-order valence-electron chi connectivity index (χ2n) is 3.99. The minimum atomic E-state index is 1.02. The van der Waals surface area contributed by atoms with Crippen LogP contribution in [0, 0.1) is 13.8 Å². The van der Waals surface area contributed by atoms with Crippen LogP contribution in [-0.2, 0) is 0 Å². The van der Waals surface area contributed by atoms with E-state index < -0.39 is 0 Å². The monoisotopic (exact) mass is 196 g/mol. The summed E-state index contributed by atoms with van der Waals surface area (Å²) in [5.41, 5.74) is 5.84. The molecule has 0 N–H and O–H groups in total. The Kier molecular flexibility index (Phi) is 1.60. The summed E-state index contributed by atoms with van der Waals surface area (Å²) in [6, 6.07) is 10.4. The summed E-state index contributed by atoms with van der Waals surface area (Å²) in [5, 5.41) is 0. The molecule has 0 radical (unpaired) electrons. The standard InChI is InChI=1S/C13H12N2/c1-9-7-10(2)13-11(8-9)15-6-4-3-5-12(15)14-13/h3-8H,1-2H3. The Labute approximate surface area is 88.2 Å². The van der Waals surface area contributed by atoms with Gasteiger partial charge in [0.1, 0.15) is 5.65 Å². The molecule has 0 amide bonds. The topological polar surface area (TPSA) is 17.3 Å². The van der Waals surface area contributed by atoms with E-state index in [1.165, 1.54) is 16.6 Å². The van der Waals surface area contributed by atoms with Crippen LogP contribution in [0.25, 0.3) is 16.7 Å². The number of aromatic nitrogens is 2. The van der Waals surface area contributed by atoms with Gasteiger partial charge in [-0.25, -0.2) is 4.98 Å². The fourth-order valence-electron chi connectivity index (χ4n) is 2.11. The van der Waals surface area contributed by atoms with Crippen LogP contribution in [0.4, 0.5) is 0 Å². The summed E-state index contributed by atoms with van der Waals surface area (Å²) in [7, 11) is 0. The van der Waals surface area contributed by atoms with Crippen molar-refractivity contribution in [3.63, 3.8) is 0 Å². The van der Waals surface area contributed by atoms with Gasteiger partial charge in [-0.2, -0.15) is 0 Å². The van der Waals surface area contributed by atoms with Crippen LogP contribution in [0.15, 0.2) is 36.5 Å². The van der Waals surface area contributed by atoms with E-state index >= 15 is 0 Å². The SMILES string of the molecule is Cc1cc(C)c2nc3ccccn3c2c1. The molecule has 15 heavy (non-hydrogen) atoms. The molecule has 2 aromatic heterocycles. The third-order valence-corrected chi connectivity index (χ3v) is 2.75. The fraction of sp³-hybridized carbons (Fsp3) is 0.154. The van der Waals surface area contributed by atoms with Gasteiger partial charge in [0.15, 0.2) is 0 Å². The van der Waals surface area contributed by atoms with E-state index in [1.807, 2.05) is 18.2 Å². The first kappa shape index (κ1) is 8.48. The van der Waals surface area contributed by atoms with Gasteiger partial charge in [0.2, 0.25) is 0 Å². The lowest BCUT2D eigenvalue weighted by molar-refractivity contribution is 1.22. The zero-order valence-corrected chi connectivity index (χ0v) is 8.86. The maximum absolute atomic E-state index is 4.62. The summed E-state index contributed by atoms with van der Waals surface area (Å²) in [4.78, 5) is 4.62. The molecule has 0 saturated carbocycles. The number of benzene rings is 1. The Bertz CT molecular complexity index is 650. The molecule has 74 valence electrons. The molecule has 2 heterocycles. The van der Waals surface area contributed by atoms with Crippen LogP contribution in [0.1, 0.15) is 11.1 Å². The van der Waals surface area contributed by atoms with Gasteiger partial charge in [0.05, 0.1) is 11.0 Å². The largest absolute Gasteiger partial charge is 0.300 e. The maximum Gasteiger partial charge on any atom is 0.137 e. The molecule has 3 aromatic rings. The Morgan fingerprint density at radius 2 is 2.00 bits per heavy atom. The van der Waals surface area contributed by atoms with Gasteiger partial charge < -0.3 is 0 Å². The van der Waals surface area contributed by atoms with Gasteiger partial charge in [-0.1, -0.05) is 12.1 Å². The van der Waals surface area contributed by atoms with E-state index in [4.69, 9.17) is 0 Å². The van der Waals surface area contributed by atoms with Crippen molar-refractivity contribution in [3.8, 4) is 0 Å². The van der Waals surface area contributed by atoms with Gasteiger partial charge in [-0.3, -0.25) is 4.40 Å². The smallest absolute Gasteiger partial charge is 0.137 e. The molecule has 2 nitrogen and oxygen atoms in total. The number of aryl methyl sites for hydroxylation is 2. The Hall–Kier alpha value is -1.83. The summed E-state index contributed by atoms with van der Waals surface area (Å²) in [6.45, 7) is 4.23. The van der Waals surface area contributed by atoms with E-state index in [-0.39, 0.29) is 0 Å². The highest BCUT2D eigenvalue weighted by Crippen LogP contribution is 2.21. The van der Waals surface area contributed by atoms with Crippen molar-refractivity contribution in [2.24, 2.45) is 0 Å². The van der Waals surface area contributed by atoms with Crippen molar-refractivity contribution in [2.45, 2.75) is 13.8 Å². The maximum atomic E-state index is 4.62. The molecular weight excluding hydrogens is 184 g/mol. The predicted molar refractivity (Wildman–Crippen MR) is 62.2 cm³/mol. The zero-order valence-electron chi connectivity index (χ0n) is 8.86. The molecule has 1 aromatic carbocycles. The van der Waals surface area contributed by atoms with Crippen LogP contribution >= 0.6 is 0 Å². The summed E-state index contributed by atoms with van der Waals surface area (Å²) in [6.07, 6.45) is 2.06. The van der Waals surface area contributed by atoms with E-state index in [1.54, 1.807) is 0 Å². The van der Waals surface area contributed by atoms with Crippen molar-refractivity contribution < 1.29 is 0 Å². The quantitative estimate of drug-likeness (QED) is 0.540. The molecule has 0 aliphatic heterocycles. The van der Waals surface area contributed by atoms with E-state index in [2.05, 4.69) is 41.6 Å². The fourth-order valence-corrected chi connectivity index (χ4v) is 2.11. The third kappa shape index (κ3) is 1.14. The zero-order chi connectivity index (χ0) is 10.4. The second-order valence-corrected chi connectivity index (χ2v) is 3.99. The van der Waals surface area contributed by atoms with Crippen LogP contribution < -0.4 is 0 Å². The van der Waals surface area contributed by atoms with Gasteiger partial charge >= 0.3 is 0 Å². The number of nitrogens with zero attached hydrogens (tertiary/aromatic N) is 2. The normalized spacial score (nSPS) is 11.3. The lowest BCUT2D eigenvalue weighted by Gasteiger charge is -1.98. The molecule has 0 fully saturated rings. The number of fused-ring (bicyclic) bond motifs is 3. The lowest BCUT2D eigenvalue weighted by Crippen LogP contribution is -1.83. The van der Waals surface area contributed by atoms with Crippen molar-refractivity contribution in [3.05, 3.63) is 47.7 Å². The average Bonchev–Trinajstić information content (AvgIpc) is 2.57. The minimum absolute atomic E-state index is 1.02. The molecule has 0 unspecified atom stereocenters. The van der Waals surface area contributed by atoms with E-state index in [0.717, 1.165) is 11.2 Å². The average molecular weight is 196 g/mol. The first-order valence-corrected chi connectivity index (χ1v) is 5.10. The first-order valence-electron chi connectivity index (χ1n) is 5.10. The molecular formula is C13H12N2. The highest BCUT2D eigenvalue weighted by molar-refractivity contribution is 5.84. The molecule has 0 spiro atoms. The van der Waals surface area contributed by atoms with Crippen molar-refractivity contribution in [1.82, 2.24) is 9.38 Å².